The molecule has 3 N–H and O–H groups in total. The van der Waals surface area contributed by atoms with Gasteiger partial charge in [-0.05, 0) is 6.42 Å². The summed E-state index contributed by atoms with van der Waals surface area (Å²) in [6.45, 7) is 1.42. The van der Waals surface area contributed by atoms with Gasteiger partial charge in [0.25, 0.3) is 0 Å². The maximum Gasteiger partial charge on any atom is 0.0934 e. The molecule has 0 heterocycles. The fourth-order valence-corrected chi connectivity index (χ4v) is 0.352. The summed E-state index contributed by atoms with van der Waals surface area (Å²) in [6, 6.07) is 0. The van der Waals surface area contributed by atoms with E-state index in [1.165, 1.54) is 0 Å². The maximum absolute atomic E-state index is 8.74. The Bertz CT molecular complexity index is 82.5. The van der Waals surface area contributed by atoms with Crippen molar-refractivity contribution in [2.24, 2.45) is 0 Å². The van der Waals surface area contributed by atoms with Gasteiger partial charge in [0, 0.05) is 0 Å². The monoisotopic (exact) mass is 117 g/mol. The van der Waals surface area contributed by atoms with Crippen molar-refractivity contribution in [3.8, 4) is 0 Å². The first kappa shape index (κ1) is 7.59. The van der Waals surface area contributed by atoms with Crippen molar-refractivity contribution in [2.75, 3.05) is 6.61 Å². The van der Waals surface area contributed by atoms with E-state index in [1.54, 1.807) is 6.92 Å². The zero-order chi connectivity index (χ0) is 6.57. The van der Waals surface area contributed by atoms with E-state index in [0.29, 0.717) is 6.42 Å². The molecule has 0 aliphatic rings. The van der Waals surface area contributed by atoms with Crippen LogP contribution in [0.3, 0.4) is 0 Å². The Hall–Kier alpha value is -0.410. The largest absolute Gasteiger partial charge is 0.390 e. The van der Waals surface area contributed by atoms with E-state index < -0.39 is 6.10 Å². The zero-order valence-electron chi connectivity index (χ0n) is 4.89. The third kappa shape index (κ3) is 2.04. The Morgan fingerprint density at radius 1 is 1.75 bits per heavy atom. The quantitative estimate of drug-likeness (QED) is 0.447. The summed E-state index contributed by atoms with van der Waals surface area (Å²) in [6.07, 6.45) is -0.251. The second kappa shape index (κ2) is 3.57. The smallest absolute Gasteiger partial charge is 0.0934 e. The standard InChI is InChI=1S/C5H11NO2/c1-2-5(8)4(6)3-7/h5-8H,2-3H2,1H3/t5-/m0/s1. The molecule has 48 valence electrons. The second-order valence-corrected chi connectivity index (χ2v) is 1.61. The molecule has 1 atom stereocenters. The van der Waals surface area contributed by atoms with E-state index in [2.05, 4.69) is 0 Å². The number of aliphatic hydroxyl groups excluding tert-OH is 2. The van der Waals surface area contributed by atoms with Crippen molar-refractivity contribution < 1.29 is 10.2 Å². The molecule has 0 bridgehead atoms. The van der Waals surface area contributed by atoms with E-state index in [9.17, 15) is 0 Å². The third-order valence-corrected chi connectivity index (χ3v) is 0.959. The molecule has 3 heteroatoms. The van der Waals surface area contributed by atoms with E-state index >= 15 is 0 Å². The van der Waals surface area contributed by atoms with Crippen LogP contribution in [-0.2, 0) is 0 Å². The van der Waals surface area contributed by atoms with Crippen molar-refractivity contribution in [1.29, 1.82) is 5.41 Å². The minimum Gasteiger partial charge on any atom is -0.390 e. The first-order chi connectivity index (χ1) is 3.72. The molecule has 0 radical (unpaired) electrons. The molecule has 0 spiro atoms. The van der Waals surface area contributed by atoms with Gasteiger partial charge >= 0.3 is 0 Å². The van der Waals surface area contributed by atoms with Crippen LogP contribution in [0, 0.1) is 5.41 Å². The topological polar surface area (TPSA) is 64.3 Å². The molecule has 0 unspecified atom stereocenters. The minimum atomic E-state index is -0.750. The lowest BCUT2D eigenvalue weighted by Gasteiger charge is -2.04. The van der Waals surface area contributed by atoms with E-state index in [1.807, 2.05) is 0 Å². The fourth-order valence-electron chi connectivity index (χ4n) is 0.352. The summed E-state index contributed by atoms with van der Waals surface area (Å²) < 4.78 is 0. The molecule has 0 aromatic carbocycles. The van der Waals surface area contributed by atoms with Gasteiger partial charge in [-0.15, -0.1) is 0 Å². The summed E-state index contributed by atoms with van der Waals surface area (Å²) >= 11 is 0. The van der Waals surface area contributed by atoms with Gasteiger partial charge in [0.2, 0.25) is 0 Å². The predicted molar refractivity (Wildman–Crippen MR) is 31.1 cm³/mol. The molecular weight excluding hydrogens is 106 g/mol. The normalized spacial score (nSPS) is 13.4. The van der Waals surface area contributed by atoms with Gasteiger partial charge < -0.3 is 15.6 Å². The van der Waals surface area contributed by atoms with Crippen LogP contribution in [0.15, 0.2) is 0 Å². The fraction of sp³-hybridized carbons (Fsp3) is 0.800. The highest BCUT2D eigenvalue weighted by Crippen LogP contribution is 1.89. The molecule has 0 saturated carbocycles. The first-order valence-electron chi connectivity index (χ1n) is 2.58. The molecule has 0 rings (SSSR count). The van der Waals surface area contributed by atoms with Crippen molar-refractivity contribution in [3.63, 3.8) is 0 Å². The SMILES string of the molecule is CC[C@H](O)C(=N)CO. The Morgan fingerprint density at radius 3 is 2.38 bits per heavy atom. The van der Waals surface area contributed by atoms with Crippen LogP contribution in [0.1, 0.15) is 13.3 Å². The molecule has 0 saturated heterocycles. The average Bonchev–Trinajstić information content (AvgIpc) is 1.84. The highest BCUT2D eigenvalue weighted by Gasteiger charge is 2.04. The van der Waals surface area contributed by atoms with Crippen molar-refractivity contribution in [3.05, 3.63) is 0 Å². The Balaban J connectivity index is 3.46. The van der Waals surface area contributed by atoms with Crippen LogP contribution < -0.4 is 0 Å². The summed E-state index contributed by atoms with van der Waals surface area (Å²) in [5.41, 5.74) is -0.00694. The molecule has 0 aliphatic heterocycles. The number of hydrogen-bond acceptors (Lipinski definition) is 3. The van der Waals surface area contributed by atoms with Crippen molar-refractivity contribution in [2.45, 2.75) is 19.4 Å². The Kier molecular flexibility index (Phi) is 3.39. The molecule has 0 aromatic heterocycles. The molecule has 0 aromatic rings. The van der Waals surface area contributed by atoms with Gasteiger partial charge in [0.05, 0.1) is 18.4 Å². The molecule has 0 aliphatic carbocycles. The molecule has 0 fully saturated rings. The van der Waals surface area contributed by atoms with Crippen LogP contribution in [0.4, 0.5) is 0 Å². The lowest BCUT2D eigenvalue weighted by Crippen LogP contribution is -2.21. The zero-order valence-corrected chi connectivity index (χ0v) is 4.89. The van der Waals surface area contributed by atoms with Gasteiger partial charge in [-0.3, -0.25) is 0 Å². The first-order valence-corrected chi connectivity index (χ1v) is 2.58. The van der Waals surface area contributed by atoms with Crippen LogP contribution in [0.5, 0.6) is 0 Å². The van der Waals surface area contributed by atoms with Gasteiger partial charge in [0.1, 0.15) is 0 Å². The Labute approximate surface area is 48.5 Å². The lowest BCUT2D eigenvalue weighted by molar-refractivity contribution is 0.223. The highest BCUT2D eigenvalue weighted by atomic mass is 16.3. The van der Waals surface area contributed by atoms with Crippen molar-refractivity contribution >= 4 is 5.71 Å². The predicted octanol–water partition coefficient (Wildman–Crippen LogP) is -0.231. The lowest BCUT2D eigenvalue weighted by atomic mass is 10.2. The minimum absolute atomic E-state index is 0.00694. The van der Waals surface area contributed by atoms with Gasteiger partial charge in [-0.2, -0.15) is 0 Å². The summed E-state index contributed by atoms with van der Waals surface area (Å²) in [7, 11) is 0. The summed E-state index contributed by atoms with van der Waals surface area (Å²) in [5.74, 6) is 0. The van der Waals surface area contributed by atoms with E-state index in [-0.39, 0.29) is 12.3 Å². The highest BCUT2D eigenvalue weighted by molar-refractivity contribution is 5.86. The van der Waals surface area contributed by atoms with E-state index in [0.717, 1.165) is 0 Å². The molecule has 0 amide bonds. The number of nitrogens with one attached hydrogen (secondary N) is 1. The number of hydrogen-bond donors (Lipinski definition) is 3. The third-order valence-electron chi connectivity index (χ3n) is 0.959. The molecule has 8 heavy (non-hydrogen) atoms. The van der Waals surface area contributed by atoms with Gasteiger partial charge in [-0.1, -0.05) is 6.92 Å². The van der Waals surface area contributed by atoms with Crippen LogP contribution in [0.2, 0.25) is 0 Å². The second-order valence-electron chi connectivity index (χ2n) is 1.61. The average molecular weight is 117 g/mol. The van der Waals surface area contributed by atoms with Crippen LogP contribution in [0.25, 0.3) is 0 Å². The maximum atomic E-state index is 8.74. The van der Waals surface area contributed by atoms with Crippen LogP contribution in [-0.4, -0.2) is 28.6 Å². The van der Waals surface area contributed by atoms with Crippen molar-refractivity contribution in [1.82, 2.24) is 0 Å². The Morgan fingerprint density at radius 2 is 2.25 bits per heavy atom. The summed E-state index contributed by atoms with van der Waals surface area (Å²) in [5, 5.41) is 23.8. The number of aliphatic hydroxyl groups is 2. The molecular formula is C5H11NO2. The summed E-state index contributed by atoms with van der Waals surface area (Å²) in [4.78, 5) is 0. The van der Waals surface area contributed by atoms with Crippen LogP contribution >= 0.6 is 0 Å². The number of rotatable bonds is 3. The van der Waals surface area contributed by atoms with E-state index in [4.69, 9.17) is 15.6 Å². The molecule has 3 nitrogen and oxygen atoms in total. The van der Waals surface area contributed by atoms with Gasteiger partial charge in [-0.25, -0.2) is 0 Å². The van der Waals surface area contributed by atoms with Gasteiger partial charge in [0.15, 0.2) is 0 Å².